The summed E-state index contributed by atoms with van der Waals surface area (Å²) in [5, 5.41) is 2.87. The molecule has 0 unspecified atom stereocenters. The smallest absolute Gasteiger partial charge is 0.256 e. The van der Waals surface area contributed by atoms with Crippen molar-refractivity contribution >= 4 is 42.3 Å². The van der Waals surface area contributed by atoms with E-state index in [0.29, 0.717) is 29.9 Å². The van der Waals surface area contributed by atoms with Gasteiger partial charge in [0.15, 0.2) is 0 Å². The summed E-state index contributed by atoms with van der Waals surface area (Å²) in [6, 6.07) is 8.72. The Kier molecular flexibility index (Phi) is 8.02. The van der Waals surface area contributed by atoms with E-state index in [1.165, 1.54) is 0 Å². The molecule has 0 saturated carbocycles. The maximum atomic E-state index is 12.8. The van der Waals surface area contributed by atoms with Crippen molar-refractivity contribution in [3.05, 3.63) is 59.4 Å². The van der Waals surface area contributed by atoms with Gasteiger partial charge in [-0.15, -0.1) is 24.8 Å². The predicted molar refractivity (Wildman–Crippen MR) is 106 cm³/mol. The summed E-state index contributed by atoms with van der Waals surface area (Å²) in [7, 11) is 0. The standard InChI is InChI=1S/C18H20N4O2.2ClH/c1-12-3-2-4-15(18(24)22-10-7-14(19)11-22)16(12)21-17(23)13-5-8-20-9-6-13;;/h2-6,8-9,14H,7,10-11,19H2,1H3,(H,21,23);2*1H/t14-;;/m1../s1. The Balaban J connectivity index is 0.00000169. The minimum Gasteiger partial charge on any atom is -0.337 e. The molecular formula is C18H22Cl2N4O2. The average molecular weight is 397 g/mol. The number of aryl methyl sites for hydroxylation is 1. The Morgan fingerprint density at radius 2 is 1.88 bits per heavy atom. The fourth-order valence-corrected chi connectivity index (χ4v) is 2.84. The molecular weight excluding hydrogens is 375 g/mol. The average Bonchev–Trinajstić information content (AvgIpc) is 3.03. The van der Waals surface area contributed by atoms with Crippen LogP contribution < -0.4 is 11.1 Å². The van der Waals surface area contributed by atoms with Gasteiger partial charge in [-0.3, -0.25) is 14.6 Å². The lowest BCUT2D eigenvalue weighted by molar-refractivity contribution is 0.0792. The molecule has 0 spiro atoms. The number of amides is 2. The van der Waals surface area contributed by atoms with Crippen LogP contribution in [0.3, 0.4) is 0 Å². The third kappa shape index (κ3) is 4.72. The minimum absolute atomic E-state index is 0. The second kappa shape index (κ2) is 9.52. The van der Waals surface area contributed by atoms with Crippen molar-refractivity contribution in [2.24, 2.45) is 5.73 Å². The molecule has 0 bridgehead atoms. The van der Waals surface area contributed by atoms with Crippen LogP contribution in [0, 0.1) is 6.92 Å². The van der Waals surface area contributed by atoms with Gasteiger partial charge in [0, 0.05) is 37.1 Å². The summed E-state index contributed by atoms with van der Waals surface area (Å²) in [4.78, 5) is 30.9. The SMILES string of the molecule is Cc1cccc(C(=O)N2CC[C@@H](N)C2)c1NC(=O)c1ccncc1.Cl.Cl. The van der Waals surface area contributed by atoms with Gasteiger partial charge < -0.3 is 16.0 Å². The third-order valence-electron chi connectivity index (χ3n) is 4.20. The van der Waals surface area contributed by atoms with E-state index in [0.717, 1.165) is 12.0 Å². The van der Waals surface area contributed by atoms with Crippen LogP contribution in [0.1, 0.15) is 32.7 Å². The number of nitrogens with one attached hydrogen (secondary N) is 1. The Bertz CT molecular complexity index is 771. The number of pyridine rings is 1. The van der Waals surface area contributed by atoms with Crippen LogP contribution in [-0.4, -0.2) is 40.8 Å². The third-order valence-corrected chi connectivity index (χ3v) is 4.20. The summed E-state index contributed by atoms with van der Waals surface area (Å²) < 4.78 is 0. The van der Waals surface area contributed by atoms with Gasteiger partial charge in [-0.2, -0.15) is 0 Å². The van der Waals surface area contributed by atoms with E-state index >= 15 is 0 Å². The van der Waals surface area contributed by atoms with E-state index in [1.54, 1.807) is 35.5 Å². The first-order valence-electron chi connectivity index (χ1n) is 7.92. The Morgan fingerprint density at radius 1 is 1.19 bits per heavy atom. The molecule has 0 radical (unpaired) electrons. The summed E-state index contributed by atoms with van der Waals surface area (Å²) in [5.74, 6) is -0.365. The van der Waals surface area contributed by atoms with Gasteiger partial charge in [0.1, 0.15) is 0 Å². The summed E-state index contributed by atoms with van der Waals surface area (Å²) in [6.45, 7) is 3.06. The van der Waals surface area contributed by atoms with Gasteiger partial charge >= 0.3 is 0 Å². The number of nitrogens with two attached hydrogens (primary N) is 1. The number of hydrogen-bond donors (Lipinski definition) is 2. The molecule has 1 aliphatic heterocycles. The van der Waals surface area contributed by atoms with E-state index in [1.807, 2.05) is 19.1 Å². The highest BCUT2D eigenvalue weighted by Gasteiger charge is 2.27. The van der Waals surface area contributed by atoms with Crippen molar-refractivity contribution < 1.29 is 9.59 Å². The normalized spacial score (nSPS) is 15.6. The molecule has 0 aliphatic carbocycles. The van der Waals surface area contributed by atoms with Crippen molar-refractivity contribution in [3.63, 3.8) is 0 Å². The van der Waals surface area contributed by atoms with Gasteiger partial charge in [-0.1, -0.05) is 12.1 Å². The second-order valence-corrected chi connectivity index (χ2v) is 5.99. The fourth-order valence-electron chi connectivity index (χ4n) is 2.84. The van der Waals surface area contributed by atoms with Crippen LogP contribution in [0.15, 0.2) is 42.7 Å². The molecule has 2 aromatic rings. The van der Waals surface area contributed by atoms with Crippen molar-refractivity contribution in [1.82, 2.24) is 9.88 Å². The first-order valence-corrected chi connectivity index (χ1v) is 7.92. The largest absolute Gasteiger partial charge is 0.337 e. The number of likely N-dealkylation sites (tertiary alicyclic amines) is 1. The number of rotatable bonds is 3. The zero-order chi connectivity index (χ0) is 17.1. The van der Waals surface area contributed by atoms with Crippen LogP contribution >= 0.6 is 24.8 Å². The van der Waals surface area contributed by atoms with Gasteiger partial charge in [-0.25, -0.2) is 0 Å². The first kappa shape index (κ1) is 21.9. The maximum Gasteiger partial charge on any atom is 0.256 e. The number of anilines is 1. The van der Waals surface area contributed by atoms with E-state index in [4.69, 9.17) is 5.73 Å². The number of aromatic nitrogens is 1. The number of para-hydroxylation sites is 1. The van der Waals surface area contributed by atoms with Crippen LogP contribution in [-0.2, 0) is 0 Å². The van der Waals surface area contributed by atoms with Crippen LogP contribution in [0.5, 0.6) is 0 Å². The number of carbonyl (C=O) groups is 2. The zero-order valence-corrected chi connectivity index (χ0v) is 16.0. The highest BCUT2D eigenvalue weighted by atomic mass is 35.5. The van der Waals surface area contributed by atoms with E-state index in [9.17, 15) is 9.59 Å². The molecule has 3 N–H and O–H groups in total. The molecule has 26 heavy (non-hydrogen) atoms. The molecule has 1 saturated heterocycles. The highest BCUT2D eigenvalue weighted by molar-refractivity contribution is 6.09. The van der Waals surface area contributed by atoms with E-state index in [-0.39, 0.29) is 42.7 Å². The summed E-state index contributed by atoms with van der Waals surface area (Å²) >= 11 is 0. The van der Waals surface area contributed by atoms with Crippen molar-refractivity contribution in [3.8, 4) is 0 Å². The quantitative estimate of drug-likeness (QED) is 0.834. The van der Waals surface area contributed by atoms with E-state index in [2.05, 4.69) is 10.3 Å². The molecule has 1 fully saturated rings. The lowest BCUT2D eigenvalue weighted by Crippen LogP contribution is -2.32. The molecule has 1 aromatic heterocycles. The Hall–Kier alpha value is -2.15. The Labute approximate surface area is 165 Å². The van der Waals surface area contributed by atoms with Crippen LogP contribution in [0.25, 0.3) is 0 Å². The topological polar surface area (TPSA) is 88.3 Å². The molecule has 1 aromatic carbocycles. The molecule has 1 aliphatic rings. The molecule has 6 nitrogen and oxygen atoms in total. The number of nitrogens with zero attached hydrogens (tertiary/aromatic N) is 2. The van der Waals surface area contributed by atoms with Crippen LogP contribution in [0.4, 0.5) is 5.69 Å². The molecule has 8 heteroatoms. The lowest BCUT2D eigenvalue weighted by atomic mass is 10.1. The monoisotopic (exact) mass is 396 g/mol. The van der Waals surface area contributed by atoms with Gasteiger partial charge in [-0.05, 0) is 37.1 Å². The molecule has 1 atom stereocenters. The van der Waals surface area contributed by atoms with Crippen molar-refractivity contribution in [2.75, 3.05) is 18.4 Å². The fraction of sp³-hybridized carbons (Fsp3) is 0.278. The number of carbonyl (C=O) groups excluding carboxylic acids is 2. The predicted octanol–water partition coefficient (Wildman–Crippen LogP) is 2.66. The zero-order valence-electron chi connectivity index (χ0n) is 14.3. The lowest BCUT2D eigenvalue weighted by Gasteiger charge is -2.19. The van der Waals surface area contributed by atoms with E-state index < -0.39 is 0 Å². The van der Waals surface area contributed by atoms with Gasteiger partial charge in [0.2, 0.25) is 0 Å². The molecule has 3 rings (SSSR count). The number of benzene rings is 1. The highest BCUT2D eigenvalue weighted by Crippen LogP contribution is 2.24. The number of halogens is 2. The number of hydrogen-bond acceptors (Lipinski definition) is 4. The summed E-state index contributed by atoms with van der Waals surface area (Å²) in [6.07, 6.45) is 3.92. The minimum atomic E-state index is -0.265. The van der Waals surface area contributed by atoms with Gasteiger partial charge in [0.05, 0.1) is 11.3 Å². The molecule has 2 heterocycles. The maximum absolute atomic E-state index is 12.8. The molecule has 140 valence electrons. The Morgan fingerprint density at radius 3 is 2.50 bits per heavy atom. The first-order chi connectivity index (χ1) is 11.6. The summed E-state index contributed by atoms with van der Waals surface area (Å²) in [5.41, 5.74) is 8.27. The van der Waals surface area contributed by atoms with Crippen molar-refractivity contribution in [1.29, 1.82) is 0 Å². The van der Waals surface area contributed by atoms with Crippen molar-refractivity contribution in [2.45, 2.75) is 19.4 Å². The van der Waals surface area contributed by atoms with Crippen LogP contribution in [0.2, 0.25) is 0 Å². The second-order valence-electron chi connectivity index (χ2n) is 5.99. The van der Waals surface area contributed by atoms with Gasteiger partial charge in [0.25, 0.3) is 11.8 Å². The molecule has 2 amide bonds.